The number of nitrogens with one attached hydrogen (secondary N) is 1. The molecule has 0 bridgehead atoms. The summed E-state index contributed by atoms with van der Waals surface area (Å²) in [7, 11) is 0. The van der Waals surface area contributed by atoms with Gasteiger partial charge in [-0.1, -0.05) is 23.7 Å². The number of halogens is 1. The molecule has 3 rings (SSSR count). The smallest absolute Gasteiger partial charge is 0.0406 e. The van der Waals surface area contributed by atoms with E-state index in [1.807, 2.05) is 12.1 Å². The summed E-state index contributed by atoms with van der Waals surface area (Å²) in [6.45, 7) is 6.12. The summed E-state index contributed by atoms with van der Waals surface area (Å²) in [5, 5.41) is 4.51. The first kappa shape index (κ1) is 15.3. The molecule has 0 amide bonds. The maximum atomic E-state index is 5.96. The van der Waals surface area contributed by atoms with E-state index < -0.39 is 0 Å². The molecule has 2 atom stereocenters. The van der Waals surface area contributed by atoms with E-state index in [1.54, 1.807) is 0 Å². The molecule has 0 aromatic heterocycles. The first-order valence-corrected chi connectivity index (χ1v) is 8.82. The van der Waals surface area contributed by atoms with Crippen molar-refractivity contribution in [3.8, 4) is 0 Å². The minimum atomic E-state index is 0.628. The molecule has 0 aliphatic carbocycles. The van der Waals surface area contributed by atoms with Crippen LogP contribution in [0.3, 0.4) is 0 Å². The van der Waals surface area contributed by atoms with Gasteiger partial charge in [0.05, 0.1) is 0 Å². The van der Waals surface area contributed by atoms with Crippen molar-refractivity contribution in [1.82, 2.24) is 10.2 Å². The third-order valence-corrected chi connectivity index (χ3v) is 5.56. The van der Waals surface area contributed by atoms with Crippen LogP contribution in [-0.4, -0.2) is 36.6 Å². The predicted octanol–water partition coefficient (Wildman–Crippen LogP) is 3.74. The van der Waals surface area contributed by atoms with Crippen molar-refractivity contribution in [3.63, 3.8) is 0 Å². The Labute approximate surface area is 133 Å². The van der Waals surface area contributed by atoms with E-state index in [2.05, 4.69) is 29.3 Å². The lowest BCUT2D eigenvalue weighted by atomic mass is 9.88. The summed E-state index contributed by atoms with van der Waals surface area (Å²) in [5.41, 5.74) is 1.39. The second-order valence-corrected chi connectivity index (χ2v) is 7.19. The molecule has 3 heteroatoms. The maximum Gasteiger partial charge on any atom is 0.0406 e. The average molecular weight is 307 g/mol. The molecule has 1 N–H and O–H groups in total. The number of rotatable bonds is 4. The van der Waals surface area contributed by atoms with Crippen LogP contribution in [-0.2, 0) is 6.42 Å². The molecular formula is C18H27ClN2. The Balaban J connectivity index is 1.48. The van der Waals surface area contributed by atoms with Gasteiger partial charge in [0.15, 0.2) is 0 Å². The summed E-state index contributed by atoms with van der Waals surface area (Å²) >= 11 is 5.96. The van der Waals surface area contributed by atoms with Crippen molar-refractivity contribution >= 4 is 11.6 Å². The van der Waals surface area contributed by atoms with Crippen molar-refractivity contribution in [1.29, 1.82) is 0 Å². The number of hydrogen-bond acceptors (Lipinski definition) is 2. The van der Waals surface area contributed by atoms with E-state index in [1.165, 1.54) is 50.9 Å². The molecule has 116 valence electrons. The second kappa shape index (κ2) is 7.13. The summed E-state index contributed by atoms with van der Waals surface area (Å²) < 4.78 is 0. The van der Waals surface area contributed by atoms with Gasteiger partial charge in [-0.25, -0.2) is 0 Å². The highest BCUT2D eigenvalue weighted by Crippen LogP contribution is 2.27. The standard InChI is InChI=1S/C18H27ClN2/c1-14(13-15-4-6-17(19)7-5-15)21-11-8-16(9-12-21)18-3-2-10-20-18/h4-7,14,16,18,20H,2-3,8-13H2,1H3. The van der Waals surface area contributed by atoms with Gasteiger partial charge in [-0.15, -0.1) is 0 Å². The first-order chi connectivity index (χ1) is 10.2. The van der Waals surface area contributed by atoms with E-state index in [0.29, 0.717) is 6.04 Å². The molecule has 1 aromatic carbocycles. The van der Waals surface area contributed by atoms with E-state index >= 15 is 0 Å². The Hall–Kier alpha value is -0.570. The van der Waals surface area contributed by atoms with Gasteiger partial charge >= 0.3 is 0 Å². The molecule has 2 aliphatic heterocycles. The molecule has 2 nitrogen and oxygen atoms in total. The third kappa shape index (κ3) is 4.00. The Morgan fingerprint density at radius 1 is 1.19 bits per heavy atom. The molecule has 0 radical (unpaired) electrons. The lowest BCUT2D eigenvalue weighted by molar-refractivity contribution is 0.126. The Morgan fingerprint density at radius 3 is 2.52 bits per heavy atom. The highest BCUT2D eigenvalue weighted by Gasteiger charge is 2.29. The van der Waals surface area contributed by atoms with Crippen LogP contribution in [0.5, 0.6) is 0 Å². The fraction of sp³-hybridized carbons (Fsp3) is 0.667. The molecule has 2 heterocycles. The van der Waals surface area contributed by atoms with Gasteiger partial charge in [-0.2, -0.15) is 0 Å². The van der Waals surface area contributed by atoms with Crippen LogP contribution in [0.1, 0.15) is 38.2 Å². The van der Waals surface area contributed by atoms with E-state index in [0.717, 1.165) is 23.4 Å². The SMILES string of the molecule is CC(Cc1ccc(Cl)cc1)N1CCC(C2CCCN2)CC1. The van der Waals surface area contributed by atoms with Crippen molar-refractivity contribution < 1.29 is 0 Å². The van der Waals surface area contributed by atoms with Crippen LogP contribution >= 0.6 is 11.6 Å². The molecule has 2 aliphatic rings. The topological polar surface area (TPSA) is 15.3 Å². The van der Waals surface area contributed by atoms with E-state index in [9.17, 15) is 0 Å². The minimum Gasteiger partial charge on any atom is -0.314 e. The lowest BCUT2D eigenvalue weighted by Gasteiger charge is -2.38. The van der Waals surface area contributed by atoms with Gasteiger partial charge in [-0.3, -0.25) is 0 Å². The van der Waals surface area contributed by atoms with Gasteiger partial charge in [0.1, 0.15) is 0 Å². The molecule has 21 heavy (non-hydrogen) atoms. The zero-order valence-corrected chi connectivity index (χ0v) is 13.8. The number of nitrogens with zero attached hydrogens (tertiary/aromatic N) is 1. The normalized spacial score (nSPS) is 26.1. The van der Waals surface area contributed by atoms with E-state index in [-0.39, 0.29) is 0 Å². The van der Waals surface area contributed by atoms with Crippen molar-refractivity contribution in [2.24, 2.45) is 5.92 Å². The van der Waals surface area contributed by atoms with Gasteiger partial charge in [0.2, 0.25) is 0 Å². The summed E-state index contributed by atoms with van der Waals surface area (Å²) in [6, 6.07) is 9.76. The van der Waals surface area contributed by atoms with Gasteiger partial charge in [-0.05, 0) is 82.3 Å². The zero-order chi connectivity index (χ0) is 14.7. The molecule has 1 aromatic rings. The van der Waals surface area contributed by atoms with Crippen LogP contribution in [0.25, 0.3) is 0 Å². The molecule has 2 fully saturated rings. The number of piperidine rings is 1. The Kier molecular flexibility index (Phi) is 5.20. The van der Waals surface area contributed by atoms with E-state index in [4.69, 9.17) is 11.6 Å². The van der Waals surface area contributed by atoms with Crippen molar-refractivity contribution in [2.75, 3.05) is 19.6 Å². The predicted molar refractivity (Wildman–Crippen MR) is 89.9 cm³/mol. The molecule has 0 saturated carbocycles. The highest BCUT2D eigenvalue weighted by atomic mass is 35.5. The zero-order valence-electron chi connectivity index (χ0n) is 13.0. The summed E-state index contributed by atoms with van der Waals surface area (Å²) in [5.74, 6) is 0.909. The third-order valence-electron chi connectivity index (χ3n) is 5.31. The van der Waals surface area contributed by atoms with Crippen LogP contribution in [0.15, 0.2) is 24.3 Å². The fourth-order valence-corrected chi connectivity index (χ4v) is 4.09. The van der Waals surface area contributed by atoms with Crippen LogP contribution in [0.2, 0.25) is 5.02 Å². The summed E-state index contributed by atoms with van der Waals surface area (Å²) in [4.78, 5) is 2.67. The lowest BCUT2D eigenvalue weighted by Crippen LogP contribution is -2.44. The maximum absolute atomic E-state index is 5.96. The van der Waals surface area contributed by atoms with Crippen molar-refractivity contribution in [3.05, 3.63) is 34.9 Å². The van der Waals surface area contributed by atoms with Gasteiger partial charge in [0.25, 0.3) is 0 Å². The van der Waals surface area contributed by atoms with Crippen LogP contribution in [0.4, 0.5) is 0 Å². The molecule has 0 spiro atoms. The minimum absolute atomic E-state index is 0.628. The van der Waals surface area contributed by atoms with Crippen molar-refractivity contribution in [2.45, 2.75) is 51.1 Å². The van der Waals surface area contributed by atoms with Gasteiger partial charge < -0.3 is 10.2 Å². The van der Waals surface area contributed by atoms with Crippen LogP contribution in [0, 0.1) is 5.92 Å². The average Bonchev–Trinajstić information content (AvgIpc) is 3.04. The monoisotopic (exact) mass is 306 g/mol. The van der Waals surface area contributed by atoms with Gasteiger partial charge in [0, 0.05) is 17.1 Å². The molecule has 2 saturated heterocycles. The number of benzene rings is 1. The number of likely N-dealkylation sites (tertiary alicyclic amines) is 1. The quantitative estimate of drug-likeness (QED) is 0.912. The number of hydrogen-bond donors (Lipinski definition) is 1. The molecule has 2 unspecified atom stereocenters. The first-order valence-electron chi connectivity index (χ1n) is 8.44. The highest BCUT2D eigenvalue weighted by molar-refractivity contribution is 6.30. The fourth-order valence-electron chi connectivity index (χ4n) is 3.97. The second-order valence-electron chi connectivity index (χ2n) is 6.76. The molecular weight excluding hydrogens is 280 g/mol. The van der Waals surface area contributed by atoms with Crippen LogP contribution < -0.4 is 5.32 Å². The Bertz CT molecular complexity index is 431. The summed E-state index contributed by atoms with van der Waals surface area (Å²) in [6.07, 6.45) is 6.62. The largest absolute Gasteiger partial charge is 0.314 e. The Morgan fingerprint density at radius 2 is 1.90 bits per heavy atom.